The molecule has 4 nitrogen and oxygen atoms in total. The van der Waals surface area contributed by atoms with Crippen LogP contribution in [-0.4, -0.2) is 37.0 Å². The van der Waals surface area contributed by atoms with E-state index in [1.165, 1.54) is 0 Å². The summed E-state index contributed by atoms with van der Waals surface area (Å²) >= 11 is 0. The molecule has 0 aromatic carbocycles. The Balaban J connectivity index is 0.00000147. The average molecular weight is 299 g/mol. The number of likely N-dealkylation sites (tertiary alicyclic amines) is 1. The van der Waals surface area contributed by atoms with Gasteiger partial charge in [0.15, 0.2) is 5.76 Å². The van der Waals surface area contributed by atoms with Crippen LogP contribution in [0.15, 0.2) is 10.5 Å². The summed E-state index contributed by atoms with van der Waals surface area (Å²) in [6.45, 7) is 7.79. The highest BCUT2D eigenvalue weighted by Gasteiger charge is 2.32. The fraction of sp³-hybridized carbons (Fsp3) is 0.667. The zero-order valence-corrected chi connectivity index (χ0v) is 13.0. The molecule has 0 saturated carbocycles. The number of nitrogens with zero attached hydrogens (tertiary/aromatic N) is 1. The number of fused-ring (bicyclic) bond motifs is 1. The van der Waals surface area contributed by atoms with E-state index < -0.39 is 0 Å². The van der Waals surface area contributed by atoms with Crippen molar-refractivity contribution in [2.45, 2.75) is 26.7 Å². The van der Waals surface area contributed by atoms with Gasteiger partial charge in [0.1, 0.15) is 5.76 Å². The molecule has 2 aliphatic rings. The van der Waals surface area contributed by atoms with Crippen LogP contribution < -0.4 is 5.32 Å². The van der Waals surface area contributed by atoms with E-state index in [4.69, 9.17) is 4.42 Å². The summed E-state index contributed by atoms with van der Waals surface area (Å²) in [6, 6.07) is 1.93. The maximum Gasteiger partial charge on any atom is 0.289 e. The Kier molecular flexibility index (Phi) is 4.76. The number of halogens is 1. The van der Waals surface area contributed by atoms with Gasteiger partial charge in [-0.1, -0.05) is 0 Å². The quantitative estimate of drug-likeness (QED) is 0.866. The van der Waals surface area contributed by atoms with Crippen LogP contribution in [0.4, 0.5) is 0 Å². The molecule has 112 valence electrons. The second kappa shape index (κ2) is 6.19. The van der Waals surface area contributed by atoms with Crippen molar-refractivity contribution >= 4 is 18.3 Å². The van der Waals surface area contributed by atoms with Crippen LogP contribution in [0.25, 0.3) is 0 Å². The van der Waals surface area contributed by atoms with Gasteiger partial charge in [0, 0.05) is 18.7 Å². The van der Waals surface area contributed by atoms with Crippen molar-refractivity contribution in [2.24, 2.45) is 11.8 Å². The van der Waals surface area contributed by atoms with Gasteiger partial charge in [-0.15, -0.1) is 12.4 Å². The first-order chi connectivity index (χ1) is 9.15. The Hall–Kier alpha value is -1.00. The molecule has 3 rings (SSSR count). The maximum atomic E-state index is 12.5. The van der Waals surface area contributed by atoms with E-state index in [0.717, 1.165) is 62.2 Å². The standard InChI is InChI=1S/C15H22N2O2.ClH/c1-10-7-11(2)19-14(10)15(18)17-5-3-12-8-16-9-13(12)4-6-17;/h7,12-13,16H,3-6,8-9H2,1-2H3;1H/t12-,13+;. The van der Waals surface area contributed by atoms with E-state index in [1.807, 2.05) is 24.8 Å². The zero-order chi connectivity index (χ0) is 13.4. The van der Waals surface area contributed by atoms with Crippen LogP contribution in [0.2, 0.25) is 0 Å². The fourth-order valence-electron chi connectivity index (χ4n) is 3.42. The van der Waals surface area contributed by atoms with Crippen molar-refractivity contribution < 1.29 is 9.21 Å². The molecule has 3 heterocycles. The van der Waals surface area contributed by atoms with Gasteiger partial charge in [-0.2, -0.15) is 0 Å². The van der Waals surface area contributed by atoms with Crippen molar-refractivity contribution in [3.05, 3.63) is 23.2 Å². The molecule has 1 amide bonds. The van der Waals surface area contributed by atoms with Crippen molar-refractivity contribution in [2.75, 3.05) is 26.2 Å². The van der Waals surface area contributed by atoms with Gasteiger partial charge in [-0.25, -0.2) is 0 Å². The molecule has 2 saturated heterocycles. The first kappa shape index (κ1) is 15.4. The predicted molar refractivity (Wildman–Crippen MR) is 80.4 cm³/mol. The van der Waals surface area contributed by atoms with Crippen molar-refractivity contribution in [1.29, 1.82) is 0 Å². The van der Waals surface area contributed by atoms with Crippen LogP contribution in [-0.2, 0) is 0 Å². The Morgan fingerprint density at radius 2 is 1.85 bits per heavy atom. The van der Waals surface area contributed by atoms with Gasteiger partial charge in [0.25, 0.3) is 5.91 Å². The smallest absolute Gasteiger partial charge is 0.289 e. The van der Waals surface area contributed by atoms with Crippen molar-refractivity contribution in [3.8, 4) is 0 Å². The number of furan rings is 1. The zero-order valence-electron chi connectivity index (χ0n) is 12.1. The lowest BCUT2D eigenvalue weighted by atomic mass is 9.92. The third-order valence-electron chi connectivity index (χ3n) is 4.54. The molecule has 2 aliphatic heterocycles. The molecule has 1 aromatic heterocycles. The fourth-order valence-corrected chi connectivity index (χ4v) is 3.42. The maximum absolute atomic E-state index is 12.5. The third-order valence-corrected chi connectivity index (χ3v) is 4.54. The molecular formula is C15H23ClN2O2. The minimum Gasteiger partial charge on any atom is -0.456 e. The van der Waals surface area contributed by atoms with Gasteiger partial charge in [0.05, 0.1) is 0 Å². The summed E-state index contributed by atoms with van der Waals surface area (Å²) in [5, 5.41) is 3.46. The van der Waals surface area contributed by atoms with Gasteiger partial charge < -0.3 is 14.6 Å². The molecule has 2 fully saturated rings. The number of carbonyl (C=O) groups excluding carboxylic acids is 1. The molecule has 20 heavy (non-hydrogen) atoms. The molecule has 1 aromatic rings. The highest BCUT2D eigenvalue weighted by atomic mass is 35.5. The number of rotatable bonds is 1. The molecule has 0 aliphatic carbocycles. The number of nitrogens with one attached hydrogen (secondary N) is 1. The summed E-state index contributed by atoms with van der Waals surface area (Å²) < 4.78 is 5.56. The van der Waals surface area contributed by atoms with E-state index in [2.05, 4.69) is 5.32 Å². The lowest BCUT2D eigenvalue weighted by Gasteiger charge is -2.20. The minimum absolute atomic E-state index is 0. The Morgan fingerprint density at radius 3 is 2.35 bits per heavy atom. The molecule has 0 radical (unpaired) electrons. The summed E-state index contributed by atoms with van der Waals surface area (Å²) in [7, 11) is 0. The Morgan fingerprint density at radius 1 is 1.25 bits per heavy atom. The van der Waals surface area contributed by atoms with Gasteiger partial charge in [-0.3, -0.25) is 4.79 Å². The second-order valence-electron chi connectivity index (χ2n) is 5.92. The Bertz CT molecular complexity index is 472. The average Bonchev–Trinajstić information content (AvgIpc) is 2.90. The lowest BCUT2D eigenvalue weighted by molar-refractivity contribution is 0.0724. The van der Waals surface area contributed by atoms with Gasteiger partial charge in [-0.05, 0) is 57.7 Å². The molecule has 0 bridgehead atoms. The van der Waals surface area contributed by atoms with Crippen LogP contribution in [0.5, 0.6) is 0 Å². The number of aryl methyl sites for hydroxylation is 2. The SMILES string of the molecule is Cc1cc(C)c(C(=O)N2CC[C@@H]3CNC[C@@H]3CC2)o1.Cl. The van der Waals surface area contributed by atoms with E-state index in [1.54, 1.807) is 0 Å². The van der Waals surface area contributed by atoms with Gasteiger partial charge in [0.2, 0.25) is 0 Å². The topological polar surface area (TPSA) is 45.5 Å². The highest BCUT2D eigenvalue weighted by molar-refractivity contribution is 5.93. The normalized spacial score (nSPS) is 25.8. The van der Waals surface area contributed by atoms with Gasteiger partial charge >= 0.3 is 0 Å². The molecular weight excluding hydrogens is 276 g/mol. The molecule has 1 N–H and O–H groups in total. The summed E-state index contributed by atoms with van der Waals surface area (Å²) in [5.74, 6) is 2.91. The number of carbonyl (C=O) groups is 1. The molecule has 5 heteroatoms. The molecule has 0 spiro atoms. The third kappa shape index (κ3) is 2.86. The first-order valence-corrected chi connectivity index (χ1v) is 7.22. The number of hydrogen-bond acceptors (Lipinski definition) is 3. The minimum atomic E-state index is 0. The van der Waals surface area contributed by atoms with Crippen molar-refractivity contribution in [3.63, 3.8) is 0 Å². The van der Waals surface area contributed by atoms with E-state index in [9.17, 15) is 4.79 Å². The molecule has 0 unspecified atom stereocenters. The van der Waals surface area contributed by atoms with E-state index >= 15 is 0 Å². The largest absolute Gasteiger partial charge is 0.456 e. The highest BCUT2D eigenvalue weighted by Crippen LogP contribution is 2.28. The molecule has 2 atom stereocenters. The Labute approximate surface area is 126 Å². The second-order valence-corrected chi connectivity index (χ2v) is 5.92. The van der Waals surface area contributed by atoms with Crippen LogP contribution in [0.3, 0.4) is 0 Å². The van der Waals surface area contributed by atoms with E-state index in [0.29, 0.717) is 5.76 Å². The first-order valence-electron chi connectivity index (χ1n) is 7.22. The number of amides is 1. The lowest BCUT2D eigenvalue weighted by Crippen LogP contribution is -2.32. The van der Waals surface area contributed by atoms with E-state index in [-0.39, 0.29) is 18.3 Å². The van der Waals surface area contributed by atoms with Crippen LogP contribution in [0, 0.1) is 25.7 Å². The summed E-state index contributed by atoms with van der Waals surface area (Å²) in [6.07, 6.45) is 2.23. The monoisotopic (exact) mass is 298 g/mol. The van der Waals surface area contributed by atoms with Crippen molar-refractivity contribution in [1.82, 2.24) is 10.2 Å². The predicted octanol–water partition coefficient (Wildman–Crippen LogP) is 2.39. The number of hydrogen-bond donors (Lipinski definition) is 1. The summed E-state index contributed by atoms with van der Waals surface area (Å²) in [4.78, 5) is 14.5. The van der Waals surface area contributed by atoms with Crippen LogP contribution in [0.1, 0.15) is 34.7 Å². The van der Waals surface area contributed by atoms with Crippen LogP contribution >= 0.6 is 12.4 Å². The summed E-state index contributed by atoms with van der Waals surface area (Å²) in [5.41, 5.74) is 0.952.